The van der Waals surface area contributed by atoms with Crippen LogP contribution in [0.2, 0.25) is 5.02 Å². The minimum absolute atomic E-state index is 0.189. The highest BCUT2D eigenvalue weighted by Crippen LogP contribution is 2.38. The summed E-state index contributed by atoms with van der Waals surface area (Å²) in [6.07, 6.45) is 4.44. The first-order valence-corrected chi connectivity index (χ1v) is 8.89. The summed E-state index contributed by atoms with van der Waals surface area (Å²) in [5, 5.41) is 15.4. The summed E-state index contributed by atoms with van der Waals surface area (Å²) in [6.45, 7) is 0. The zero-order valence-corrected chi connectivity index (χ0v) is 14.9. The second kappa shape index (κ2) is 6.45. The van der Waals surface area contributed by atoms with Gasteiger partial charge < -0.3 is 10.1 Å². The molecule has 25 heavy (non-hydrogen) atoms. The van der Waals surface area contributed by atoms with E-state index in [-0.39, 0.29) is 5.91 Å². The molecule has 2 heterocycles. The Morgan fingerprint density at radius 1 is 1.40 bits per heavy atom. The molecule has 0 unspecified atom stereocenters. The lowest BCUT2D eigenvalue weighted by atomic mass is 10.1. The molecule has 128 valence electrons. The van der Waals surface area contributed by atoms with Crippen molar-refractivity contribution in [3.05, 3.63) is 45.6 Å². The number of methoxy groups -OCH3 is 1. The zero-order valence-electron chi connectivity index (χ0n) is 13.3. The Bertz CT molecular complexity index is 938. The first kappa shape index (κ1) is 16.0. The Hall–Kier alpha value is -2.45. The molecular formula is C16H14ClN5O2S. The number of hydrogen-bond acceptors (Lipinski definition) is 6. The van der Waals surface area contributed by atoms with Crippen molar-refractivity contribution < 1.29 is 9.53 Å². The van der Waals surface area contributed by atoms with Gasteiger partial charge in [0.25, 0.3) is 5.91 Å². The molecular weight excluding hydrogens is 362 g/mol. The Morgan fingerprint density at radius 3 is 3.00 bits per heavy atom. The van der Waals surface area contributed by atoms with E-state index >= 15 is 0 Å². The number of ether oxygens (including phenoxy) is 1. The van der Waals surface area contributed by atoms with E-state index in [1.165, 1.54) is 11.2 Å². The van der Waals surface area contributed by atoms with Crippen molar-refractivity contribution >= 4 is 34.5 Å². The summed E-state index contributed by atoms with van der Waals surface area (Å²) in [4.78, 5) is 14.2. The third-order valence-electron chi connectivity index (χ3n) is 4.10. The van der Waals surface area contributed by atoms with E-state index < -0.39 is 0 Å². The number of anilines is 1. The van der Waals surface area contributed by atoms with Crippen molar-refractivity contribution in [1.29, 1.82) is 0 Å². The zero-order chi connectivity index (χ0) is 17.4. The summed E-state index contributed by atoms with van der Waals surface area (Å²) < 4.78 is 6.68. The number of benzene rings is 1. The lowest BCUT2D eigenvalue weighted by Crippen LogP contribution is -2.15. The predicted octanol–water partition coefficient (Wildman–Crippen LogP) is 3.13. The van der Waals surface area contributed by atoms with Crippen LogP contribution in [-0.2, 0) is 12.8 Å². The molecule has 1 aliphatic rings. The predicted molar refractivity (Wildman–Crippen MR) is 95.0 cm³/mol. The number of rotatable bonds is 4. The van der Waals surface area contributed by atoms with Crippen LogP contribution in [0.25, 0.3) is 5.00 Å². The van der Waals surface area contributed by atoms with Crippen LogP contribution in [0.3, 0.4) is 0 Å². The van der Waals surface area contributed by atoms with Crippen LogP contribution < -0.4 is 10.1 Å². The molecule has 1 aliphatic carbocycles. The van der Waals surface area contributed by atoms with Gasteiger partial charge in [0, 0.05) is 10.6 Å². The summed E-state index contributed by atoms with van der Waals surface area (Å²) in [5.74, 6) is 0.372. The quantitative estimate of drug-likeness (QED) is 0.757. The van der Waals surface area contributed by atoms with E-state index in [9.17, 15) is 4.79 Å². The number of nitrogens with one attached hydrogen (secondary N) is 1. The SMILES string of the molecule is COc1ccc(NC(=O)c2c(-n3cnnn3)sc3c2CCC3)cc1Cl. The van der Waals surface area contributed by atoms with Gasteiger partial charge in [-0.1, -0.05) is 11.6 Å². The van der Waals surface area contributed by atoms with Crippen molar-refractivity contribution in [2.75, 3.05) is 12.4 Å². The highest BCUT2D eigenvalue weighted by atomic mass is 35.5. The molecule has 0 fully saturated rings. The third kappa shape index (κ3) is 2.87. The van der Waals surface area contributed by atoms with Gasteiger partial charge in [-0.25, -0.2) is 0 Å². The van der Waals surface area contributed by atoms with Crippen molar-refractivity contribution in [3.8, 4) is 10.8 Å². The number of aryl methyl sites for hydroxylation is 1. The lowest BCUT2D eigenvalue weighted by Gasteiger charge is -2.10. The average Bonchev–Trinajstić information content (AvgIpc) is 3.31. The van der Waals surface area contributed by atoms with Crippen molar-refractivity contribution in [2.45, 2.75) is 19.3 Å². The van der Waals surface area contributed by atoms with Crippen LogP contribution in [0.1, 0.15) is 27.2 Å². The fourth-order valence-corrected chi connectivity index (χ4v) is 4.54. The number of halogens is 1. The maximum atomic E-state index is 13.0. The average molecular weight is 376 g/mol. The molecule has 1 N–H and O–H groups in total. The van der Waals surface area contributed by atoms with Gasteiger partial charge in [-0.15, -0.1) is 16.4 Å². The van der Waals surface area contributed by atoms with Gasteiger partial charge in [0.15, 0.2) is 0 Å². The molecule has 1 amide bonds. The largest absolute Gasteiger partial charge is 0.495 e. The van der Waals surface area contributed by atoms with Crippen LogP contribution in [0, 0.1) is 0 Å². The Balaban J connectivity index is 1.69. The van der Waals surface area contributed by atoms with Crippen LogP contribution >= 0.6 is 22.9 Å². The number of carbonyl (C=O) groups is 1. The highest BCUT2D eigenvalue weighted by molar-refractivity contribution is 7.15. The molecule has 0 saturated carbocycles. The van der Waals surface area contributed by atoms with E-state index in [1.54, 1.807) is 41.3 Å². The fourth-order valence-electron chi connectivity index (χ4n) is 2.98. The van der Waals surface area contributed by atoms with E-state index in [4.69, 9.17) is 16.3 Å². The second-order valence-corrected chi connectivity index (χ2v) is 7.09. The van der Waals surface area contributed by atoms with Gasteiger partial charge in [-0.3, -0.25) is 4.79 Å². The minimum Gasteiger partial charge on any atom is -0.495 e. The third-order valence-corrected chi connectivity index (χ3v) is 5.67. The maximum absolute atomic E-state index is 13.0. The van der Waals surface area contributed by atoms with Crippen LogP contribution in [0.15, 0.2) is 24.5 Å². The highest BCUT2D eigenvalue weighted by Gasteiger charge is 2.28. The summed E-state index contributed by atoms with van der Waals surface area (Å²) in [5.41, 5.74) is 2.33. The molecule has 0 atom stereocenters. The molecule has 0 aliphatic heterocycles. The van der Waals surface area contributed by atoms with Gasteiger partial charge >= 0.3 is 0 Å². The van der Waals surface area contributed by atoms with E-state index in [0.717, 1.165) is 29.8 Å². The van der Waals surface area contributed by atoms with Gasteiger partial charge in [0.05, 0.1) is 17.7 Å². The summed E-state index contributed by atoms with van der Waals surface area (Å²) >= 11 is 7.71. The number of nitrogens with zero attached hydrogens (tertiary/aromatic N) is 4. The second-order valence-electron chi connectivity index (χ2n) is 5.60. The van der Waals surface area contributed by atoms with Gasteiger partial charge in [-0.2, -0.15) is 4.68 Å². The number of fused-ring (bicyclic) bond motifs is 1. The molecule has 7 nitrogen and oxygen atoms in total. The normalized spacial score (nSPS) is 12.9. The first-order chi connectivity index (χ1) is 12.2. The minimum atomic E-state index is -0.189. The maximum Gasteiger partial charge on any atom is 0.259 e. The number of aromatic nitrogens is 4. The lowest BCUT2D eigenvalue weighted by molar-refractivity contribution is 0.102. The first-order valence-electron chi connectivity index (χ1n) is 7.70. The topological polar surface area (TPSA) is 81.9 Å². The Labute approximate surface area is 152 Å². The standard InChI is InChI=1S/C16H14ClN5O2S/c1-24-12-6-5-9(7-11(12)17)19-15(23)14-10-3-2-4-13(10)25-16(14)22-8-18-20-21-22/h5-8H,2-4H2,1H3,(H,19,23). The fraction of sp³-hybridized carbons (Fsp3) is 0.250. The molecule has 0 radical (unpaired) electrons. The molecule has 0 spiro atoms. The number of amides is 1. The van der Waals surface area contributed by atoms with Gasteiger partial charge in [0.1, 0.15) is 17.1 Å². The molecule has 1 aromatic carbocycles. The molecule has 0 bridgehead atoms. The number of thiophene rings is 1. The van der Waals surface area contributed by atoms with Gasteiger partial charge in [0.2, 0.25) is 0 Å². The summed E-state index contributed by atoms with van der Waals surface area (Å²) in [7, 11) is 1.55. The monoisotopic (exact) mass is 375 g/mol. The smallest absolute Gasteiger partial charge is 0.259 e. The van der Waals surface area contributed by atoms with Gasteiger partial charge in [-0.05, 0) is 53.5 Å². The number of tetrazole rings is 1. The van der Waals surface area contributed by atoms with Crippen molar-refractivity contribution in [3.63, 3.8) is 0 Å². The molecule has 9 heteroatoms. The van der Waals surface area contributed by atoms with Crippen LogP contribution in [0.4, 0.5) is 5.69 Å². The Morgan fingerprint density at radius 2 is 2.28 bits per heavy atom. The van der Waals surface area contributed by atoms with E-state index in [0.29, 0.717) is 22.0 Å². The van der Waals surface area contributed by atoms with Crippen molar-refractivity contribution in [1.82, 2.24) is 20.2 Å². The van der Waals surface area contributed by atoms with Crippen LogP contribution in [-0.4, -0.2) is 33.2 Å². The Kier molecular flexibility index (Phi) is 4.14. The molecule has 0 saturated heterocycles. The van der Waals surface area contributed by atoms with Crippen LogP contribution in [0.5, 0.6) is 5.75 Å². The summed E-state index contributed by atoms with van der Waals surface area (Å²) in [6, 6.07) is 5.14. The molecule has 4 rings (SSSR count). The number of carbonyl (C=O) groups excluding carboxylic acids is 1. The molecule has 2 aromatic heterocycles. The number of hydrogen-bond donors (Lipinski definition) is 1. The molecule has 3 aromatic rings. The van der Waals surface area contributed by atoms with Crippen molar-refractivity contribution in [2.24, 2.45) is 0 Å². The van der Waals surface area contributed by atoms with E-state index in [2.05, 4.69) is 20.8 Å². The van der Waals surface area contributed by atoms with E-state index in [1.807, 2.05) is 0 Å².